The Balaban J connectivity index is 2.19. The van der Waals surface area contributed by atoms with Gasteiger partial charge in [0.15, 0.2) is 0 Å². The number of hydrogen-bond donors (Lipinski definition) is 1. The maximum atomic E-state index is 12.6. The zero-order valence-corrected chi connectivity index (χ0v) is 10.7. The fourth-order valence-corrected chi connectivity index (χ4v) is 1.65. The highest BCUT2D eigenvalue weighted by Crippen LogP contribution is 2.32. The van der Waals surface area contributed by atoms with Crippen LogP contribution in [-0.4, -0.2) is 11.5 Å². The van der Waals surface area contributed by atoms with E-state index in [-0.39, 0.29) is 5.75 Å². The van der Waals surface area contributed by atoms with Crippen molar-refractivity contribution in [1.82, 2.24) is 4.98 Å². The summed E-state index contributed by atoms with van der Waals surface area (Å²) >= 11 is 0. The Bertz CT molecular complexity index is 585. The number of anilines is 1. The van der Waals surface area contributed by atoms with E-state index in [1.165, 1.54) is 18.3 Å². The maximum Gasteiger partial charge on any atom is 0.416 e. The van der Waals surface area contributed by atoms with E-state index in [0.29, 0.717) is 12.3 Å². The molecule has 0 bridgehead atoms. The highest BCUT2D eigenvalue weighted by Gasteiger charge is 2.30. The molecule has 0 radical (unpaired) electrons. The van der Waals surface area contributed by atoms with Crippen LogP contribution >= 0.6 is 0 Å². The molecule has 0 aliphatic carbocycles. The molecule has 0 unspecified atom stereocenters. The van der Waals surface area contributed by atoms with Gasteiger partial charge in [-0.3, -0.25) is 4.98 Å². The van der Waals surface area contributed by atoms with Gasteiger partial charge in [0.1, 0.15) is 11.5 Å². The number of hydrogen-bond acceptors (Lipinski definition) is 3. The van der Waals surface area contributed by atoms with Gasteiger partial charge in [-0.1, -0.05) is 6.07 Å². The standard InChI is InChI=1S/C14H13F3N2O/c1-2-19-11-7-13(9-18-8-11)20-12-5-3-4-10(6-12)14(15,16)17/h3-9,19H,2H2,1H3. The third-order valence-corrected chi connectivity index (χ3v) is 2.49. The van der Waals surface area contributed by atoms with Gasteiger partial charge in [0.25, 0.3) is 0 Å². The Morgan fingerprint density at radius 3 is 2.65 bits per heavy atom. The average molecular weight is 282 g/mol. The van der Waals surface area contributed by atoms with Crippen molar-refractivity contribution in [3.05, 3.63) is 48.3 Å². The minimum Gasteiger partial charge on any atom is -0.456 e. The van der Waals surface area contributed by atoms with Crippen LogP contribution < -0.4 is 10.1 Å². The van der Waals surface area contributed by atoms with Gasteiger partial charge in [-0.05, 0) is 25.1 Å². The van der Waals surface area contributed by atoms with E-state index in [1.807, 2.05) is 6.92 Å². The summed E-state index contributed by atoms with van der Waals surface area (Å²) in [6.07, 6.45) is -1.33. The fourth-order valence-electron chi connectivity index (χ4n) is 1.65. The molecule has 1 N–H and O–H groups in total. The quantitative estimate of drug-likeness (QED) is 0.906. The molecule has 0 aliphatic heterocycles. The van der Waals surface area contributed by atoms with Crippen LogP contribution in [0.1, 0.15) is 12.5 Å². The summed E-state index contributed by atoms with van der Waals surface area (Å²) in [7, 11) is 0. The number of benzene rings is 1. The van der Waals surface area contributed by atoms with Crippen LogP contribution in [0.3, 0.4) is 0 Å². The Morgan fingerprint density at radius 1 is 1.15 bits per heavy atom. The molecule has 0 saturated heterocycles. The molecule has 0 amide bonds. The molecule has 3 nitrogen and oxygen atoms in total. The molecule has 1 heterocycles. The van der Waals surface area contributed by atoms with Crippen molar-refractivity contribution in [3.63, 3.8) is 0 Å². The largest absolute Gasteiger partial charge is 0.456 e. The van der Waals surface area contributed by atoms with Gasteiger partial charge in [-0.25, -0.2) is 0 Å². The second-order valence-corrected chi connectivity index (χ2v) is 4.07. The van der Waals surface area contributed by atoms with E-state index in [4.69, 9.17) is 4.74 Å². The van der Waals surface area contributed by atoms with Crippen LogP contribution in [0.4, 0.5) is 18.9 Å². The summed E-state index contributed by atoms with van der Waals surface area (Å²) in [6.45, 7) is 2.65. The predicted octanol–water partition coefficient (Wildman–Crippen LogP) is 4.32. The van der Waals surface area contributed by atoms with E-state index < -0.39 is 11.7 Å². The zero-order valence-electron chi connectivity index (χ0n) is 10.7. The number of rotatable bonds is 4. The van der Waals surface area contributed by atoms with Gasteiger partial charge in [0, 0.05) is 12.6 Å². The molecule has 2 aromatic rings. The second-order valence-electron chi connectivity index (χ2n) is 4.07. The molecule has 1 aromatic carbocycles. The summed E-state index contributed by atoms with van der Waals surface area (Å²) in [4.78, 5) is 3.96. The van der Waals surface area contributed by atoms with Crippen molar-refractivity contribution in [2.24, 2.45) is 0 Å². The molecular weight excluding hydrogens is 269 g/mol. The van der Waals surface area contributed by atoms with Gasteiger partial charge in [0.2, 0.25) is 0 Å². The van der Waals surface area contributed by atoms with E-state index in [1.54, 1.807) is 12.3 Å². The third kappa shape index (κ3) is 3.63. The number of aromatic nitrogens is 1. The van der Waals surface area contributed by atoms with Crippen molar-refractivity contribution in [3.8, 4) is 11.5 Å². The van der Waals surface area contributed by atoms with Crippen LogP contribution in [-0.2, 0) is 6.18 Å². The Labute approximate surface area is 114 Å². The molecule has 0 aliphatic rings. The monoisotopic (exact) mass is 282 g/mol. The van der Waals surface area contributed by atoms with Crippen molar-refractivity contribution >= 4 is 5.69 Å². The molecule has 6 heteroatoms. The van der Waals surface area contributed by atoms with E-state index in [9.17, 15) is 13.2 Å². The first-order valence-electron chi connectivity index (χ1n) is 6.03. The molecule has 0 spiro atoms. The lowest BCUT2D eigenvalue weighted by atomic mass is 10.2. The third-order valence-electron chi connectivity index (χ3n) is 2.49. The smallest absolute Gasteiger partial charge is 0.416 e. The van der Waals surface area contributed by atoms with Gasteiger partial charge >= 0.3 is 6.18 Å². The fraction of sp³-hybridized carbons (Fsp3) is 0.214. The zero-order chi connectivity index (χ0) is 14.6. The molecule has 106 valence electrons. The first-order chi connectivity index (χ1) is 9.49. The van der Waals surface area contributed by atoms with Crippen LogP contribution in [0.2, 0.25) is 0 Å². The predicted molar refractivity (Wildman–Crippen MR) is 69.9 cm³/mol. The van der Waals surface area contributed by atoms with Crippen LogP contribution in [0.5, 0.6) is 11.5 Å². The number of halogens is 3. The number of pyridine rings is 1. The minimum atomic E-state index is -4.39. The van der Waals surface area contributed by atoms with Crippen molar-refractivity contribution in [1.29, 1.82) is 0 Å². The van der Waals surface area contributed by atoms with Gasteiger partial charge in [-0.2, -0.15) is 13.2 Å². The average Bonchev–Trinajstić information content (AvgIpc) is 2.39. The minimum absolute atomic E-state index is 0.121. The van der Waals surface area contributed by atoms with Gasteiger partial charge < -0.3 is 10.1 Å². The normalized spacial score (nSPS) is 11.2. The Hall–Kier alpha value is -2.24. The SMILES string of the molecule is CCNc1cncc(Oc2cccc(C(F)(F)F)c2)c1. The van der Waals surface area contributed by atoms with E-state index in [0.717, 1.165) is 17.8 Å². The Morgan fingerprint density at radius 2 is 1.95 bits per heavy atom. The Kier molecular flexibility index (Phi) is 4.12. The lowest BCUT2D eigenvalue weighted by Crippen LogP contribution is -2.04. The lowest BCUT2D eigenvalue weighted by molar-refractivity contribution is -0.137. The van der Waals surface area contributed by atoms with Crippen molar-refractivity contribution in [2.45, 2.75) is 13.1 Å². The van der Waals surface area contributed by atoms with Crippen LogP contribution in [0, 0.1) is 0 Å². The van der Waals surface area contributed by atoms with Gasteiger partial charge in [-0.15, -0.1) is 0 Å². The maximum absolute atomic E-state index is 12.6. The summed E-state index contributed by atoms with van der Waals surface area (Å²) in [6, 6.07) is 6.41. The summed E-state index contributed by atoms with van der Waals surface area (Å²) < 4.78 is 43.2. The number of ether oxygens (including phenoxy) is 1. The lowest BCUT2D eigenvalue weighted by Gasteiger charge is -2.10. The highest BCUT2D eigenvalue weighted by atomic mass is 19.4. The molecular formula is C14H13F3N2O. The molecule has 0 saturated carbocycles. The number of nitrogens with one attached hydrogen (secondary N) is 1. The van der Waals surface area contributed by atoms with Crippen molar-refractivity contribution in [2.75, 3.05) is 11.9 Å². The molecule has 20 heavy (non-hydrogen) atoms. The molecule has 1 aromatic heterocycles. The van der Waals surface area contributed by atoms with Crippen molar-refractivity contribution < 1.29 is 17.9 Å². The first kappa shape index (κ1) is 14.2. The summed E-state index contributed by atoms with van der Waals surface area (Å²) in [5.41, 5.74) is 0.00257. The second kappa shape index (κ2) is 5.81. The topological polar surface area (TPSA) is 34.2 Å². The number of nitrogens with zero attached hydrogens (tertiary/aromatic N) is 1. The summed E-state index contributed by atoms with van der Waals surface area (Å²) in [5.74, 6) is 0.498. The van der Waals surface area contributed by atoms with E-state index >= 15 is 0 Å². The summed E-state index contributed by atoms with van der Waals surface area (Å²) in [5, 5.41) is 3.05. The molecule has 0 atom stereocenters. The van der Waals surface area contributed by atoms with Crippen LogP contribution in [0.25, 0.3) is 0 Å². The van der Waals surface area contributed by atoms with E-state index in [2.05, 4.69) is 10.3 Å². The number of alkyl halides is 3. The molecule has 2 rings (SSSR count). The molecule has 0 fully saturated rings. The van der Waals surface area contributed by atoms with Crippen LogP contribution in [0.15, 0.2) is 42.7 Å². The first-order valence-corrected chi connectivity index (χ1v) is 6.03. The van der Waals surface area contributed by atoms with Gasteiger partial charge in [0.05, 0.1) is 23.6 Å². The highest BCUT2D eigenvalue weighted by molar-refractivity contribution is 5.46.